The number of nitrogens with zero attached hydrogens (tertiary/aromatic N) is 1. The Hall–Kier alpha value is -2.45. The molecule has 124 valence electrons. The molecule has 0 bridgehead atoms. The van der Waals surface area contributed by atoms with E-state index in [9.17, 15) is 9.59 Å². The van der Waals surface area contributed by atoms with Gasteiger partial charge in [-0.05, 0) is 23.6 Å². The summed E-state index contributed by atoms with van der Waals surface area (Å²) in [5.74, 6) is -0.113. The standard InChI is InChI=1S/C16H14N2O4S2/c1-21-14(19)8-10(13-5-3-7-23-13)17-15(20)11-9-24-16(18-11)12-4-2-6-22-12/h2-7,9-10H,8H2,1H3,(H,17,20)/t10-/m0/s1. The number of hydrogen-bond donors (Lipinski definition) is 1. The normalized spacial score (nSPS) is 11.9. The second kappa shape index (κ2) is 7.41. The summed E-state index contributed by atoms with van der Waals surface area (Å²) in [6.45, 7) is 0. The molecule has 3 rings (SSSR count). The van der Waals surface area contributed by atoms with Crippen LogP contribution in [0.5, 0.6) is 0 Å². The number of nitrogens with one attached hydrogen (secondary N) is 1. The lowest BCUT2D eigenvalue weighted by atomic mass is 10.1. The number of hydrogen-bond acceptors (Lipinski definition) is 7. The maximum Gasteiger partial charge on any atom is 0.307 e. The topological polar surface area (TPSA) is 81.4 Å². The summed E-state index contributed by atoms with van der Waals surface area (Å²) >= 11 is 2.79. The van der Waals surface area contributed by atoms with Gasteiger partial charge in [0.1, 0.15) is 5.69 Å². The van der Waals surface area contributed by atoms with Crippen LogP contribution >= 0.6 is 22.7 Å². The van der Waals surface area contributed by atoms with Crippen LogP contribution in [0.3, 0.4) is 0 Å². The van der Waals surface area contributed by atoms with E-state index >= 15 is 0 Å². The van der Waals surface area contributed by atoms with Gasteiger partial charge in [0.05, 0.1) is 25.8 Å². The number of rotatable bonds is 6. The molecule has 0 fully saturated rings. The molecular formula is C16H14N2O4S2. The zero-order valence-corrected chi connectivity index (χ0v) is 14.4. The van der Waals surface area contributed by atoms with Crippen molar-refractivity contribution in [1.82, 2.24) is 10.3 Å². The van der Waals surface area contributed by atoms with E-state index in [4.69, 9.17) is 9.15 Å². The molecule has 6 nitrogen and oxygen atoms in total. The molecule has 8 heteroatoms. The van der Waals surface area contributed by atoms with E-state index in [2.05, 4.69) is 10.3 Å². The van der Waals surface area contributed by atoms with E-state index < -0.39 is 6.04 Å². The Bertz CT molecular complexity index is 809. The Labute approximate surface area is 146 Å². The molecular weight excluding hydrogens is 348 g/mol. The first-order valence-corrected chi connectivity index (χ1v) is 8.84. The third-order valence-electron chi connectivity index (χ3n) is 3.26. The first-order chi connectivity index (χ1) is 11.7. The number of carbonyl (C=O) groups is 2. The quantitative estimate of drug-likeness (QED) is 0.679. The number of thiophene rings is 1. The minimum atomic E-state index is -0.446. The number of methoxy groups -OCH3 is 1. The Kier molecular flexibility index (Phi) is 5.07. The number of thiazole rings is 1. The lowest BCUT2D eigenvalue weighted by molar-refractivity contribution is -0.141. The molecule has 0 aliphatic carbocycles. The molecule has 0 aliphatic heterocycles. The van der Waals surface area contributed by atoms with Gasteiger partial charge < -0.3 is 14.5 Å². The van der Waals surface area contributed by atoms with Gasteiger partial charge in [-0.1, -0.05) is 6.07 Å². The molecule has 3 aromatic rings. The fraction of sp³-hybridized carbons (Fsp3) is 0.188. The van der Waals surface area contributed by atoms with Crippen LogP contribution in [-0.2, 0) is 9.53 Å². The zero-order valence-electron chi connectivity index (χ0n) is 12.7. The van der Waals surface area contributed by atoms with Gasteiger partial charge in [-0.2, -0.15) is 0 Å². The summed E-state index contributed by atoms with van der Waals surface area (Å²) in [5.41, 5.74) is 0.290. The molecule has 1 amide bonds. The molecule has 0 saturated heterocycles. The van der Waals surface area contributed by atoms with Crippen LogP contribution in [0.4, 0.5) is 0 Å². The van der Waals surface area contributed by atoms with Crippen LogP contribution < -0.4 is 5.32 Å². The van der Waals surface area contributed by atoms with E-state index in [0.717, 1.165) is 4.88 Å². The Morgan fingerprint density at radius 2 is 2.21 bits per heavy atom. The number of carbonyl (C=O) groups excluding carboxylic acids is 2. The predicted molar refractivity (Wildman–Crippen MR) is 91.0 cm³/mol. The predicted octanol–water partition coefficient (Wildman–Crippen LogP) is 3.50. The van der Waals surface area contributed by atoms with Gasteiger partial charge in [0.15, 0.2) is 10.8 Å². The average molecular weight is 362 g/mol. The molecule has 0 radical (unpaired) electrons. The van der Waals surface area contributed by atoms with Crippen molar-refractivity contribution in [2.24, 2.45) is 0 Å². The highest BCUT2D eigenvalue weighted by molar-refractivity contribution is 7.13. The van der Waals surface area contributed by atoms with E-state index in [0.29, 0.717) is 10.8 Å². The molecule has 0 unspecified atom stereocenters. The Morgan fingerprint density at radius 3 is 2.88 bits per heavy atom. The summed E-state index contributed by atoms with van der Waals surface area (Å²) in [6, 6.07) is 6.84. The third-order valence-corrected chi connectivity index (χ3v) is 5.10. The first kappa shape index (κ1) is 16.4. The van der Waals surface area contributed by atoms with E-state index in [1.807, 2.05) is 17.5 Å². The van der Waals surface area contributed by atoms with E-state index in [1.54, 1.807) is 23.8 Å². The van der Waals surface area contributed by atoms with E-state index in [1.165, 1.54) is 29.8 Å². The van der Waals surface area contributed by atoms with Crippen LogP contribution in [0.15, 0.2) is 45.7 Å². The molecule has 3 heterocycles. The summed E-state index contributed by atoms with van der Waals surface area (Å²) < 4.78 is 9.98. The Morgan fingerprint density at radius 1 is 1.33 bits per heavy atom. The molecule has 0 saturated carbocycles. The lowest BCUT2D eigenvalue weighted by Gasteiger charge is -2.15. The number of amides is 1. The maximum absolute atomic E-state index is 12.5. The van der Waals surface area contributed by atoms with Gasteiger partial charge in [-0.3, -0.25) is 9.59 Å². The number of furan rings is 1. The van der Waals surface area contributed by atoms with Crippen molar-refractivity contribution in [2.75, 3.05) is 7.11 Å². The monoisotopic (exact) mass is 362 g/mol. The minimum absolute atomic E-state index is 0.0674. The zero-order chi connectivity index (χ0) is 16.9. The fourth-order valence-electron chi connectivity index (χ4n) is 2.09. The number of esters is 1. The van der Waals surface area contributed by atoms with Crippen LogP contribution in [0.1, 0.15) is 27.8 Å². The summed E-state index contributed by atoms with van der Waals surface area (Å²) in [6.07, 6.45) is 1.62. The van der Waals surface area contributed by atoms with E-state index in [-0.39, 0.29) is 24.0 Å². The van der Waals surface area contributed by atoms with Crippen LogP contribution in [0.2, 0.25) is 0 Å². The summed E-state index contributed by atoms with van der Waals surface area (Å²) in [5, 5.41) is 7.03. The van der Waals surface area contributed by atoms with Crippen molar-refractivity contribution < 1.29 is 18.7 Å². The molecule has 1 N–H and O–H groups in total. The third kappa shape index (κ3) is 3.72. The van der Waals surface area contributed by atoms with Crippen molar-refractivity contribution in [3.63, 3.8) is 0 Å². The van der Waals surface area contributed by atoms with Crippen molar-refractivity contribution >= 4 is 34.6 Å². The molecule has 0 aromatic carbocycles. The fourth-order valence-corrected chi connectivity index (χ4v) is 3.63. The molecule has 1 atom stereocenters. The van der Waals surface area contributed by atoms with Crippen molar-refractivity contribution in [2.45, 2.75) is 12.5 Å². The highest BCUT2D eigenvalue weighted by Gasteiger charge is 2.22. The van der Waals surface area contributed by atoms with Gasteiger partial charge in [0.25, 0.3) is 5.91 Å². The van der Waals surface area contributed by atoms with Crippen LogP contribution in [0, 0.1) is 0 Å². The lowest BCUT2D eigenvalue weighted by Crippen LogP contribution is -2.30. The van der Waals surface area contributed by atoms with Crippen molar-refractivity contribution in [1.29, 1.82) is 0 Å². The largest absolute Gasteiger partial charge is 0.469 e. The van der Waals surface area contributed by atoms with Gasteiger partial charge in [0, 0.05) is 10.3 Å². The minimum Gasteiger partial charge on any atom is -0.469 e. The summed E-state index contributed by atoms with van der Waals surface area (Å²) in [7, 11) is 1.33. The van der Waals surface area contributed by atoms with Crippen LogP contribution in [0.25, 0.3) is 10.8 Å². The van der Waals surface area contributed by atoms with Crippen molar-refractivity contribution in [3.05, 3.63) is 51.9 Å². The highest BCUT2D eigenvalue weighted by atomic mass is 32.1. The summed E-state index contributed by atoms with van der Waals surface area (Å²) in [4.78, 5) is 29.2. The second-order valence-electron chi connectivity index (χ2n) is 4.84. The van der Waals surface area contributed by atoms with Gasteiger partial charge in [-0.25, -0.2) is 4.98 Å². The molecule has 0 spiro atoms. The average Bonchev–Trinajstić information content (AvgIpc) is 3.35. The first-order valence-electron chi connectivity index (χ1n) is 7.08. The van der Waals surface area contributed by atoms with Gasteiger partial charge in [0.2, 0.25) is 0 Å². The van der Waals surface area contributed by atoms with Crippen molar-refractivity contribution in [3.8, 4) is 10.8 Å². The molecule has 24 heavy (non-hydrogen) atoms. The highest BCUT2D eigenvalue weighted by Crippen LogP contribution is 2.26. The smallest absolute Gasteiger partial charge is 0.307 e. The van der Waals surface area contributed by atoms with Gasteiger partial charge in [-0.15, -0.1) is 22.7 Å². The number of ether oxygens (including phenoxy) is 1. The molecule has 0 aliphatic rings. The van der Waals surface area contributed by atoms with Crippen LogP contribution in [-0.4, -0.2) is 24.0 Å². The van der Waals surface area contributed by atoms with Gasteiger partial charge >= 0.3 is 5.97 Å². The number of aromatic nitrogens is 1. The SMILES string of the molecule is COC(=O)C[C@H](NC(=O)c1csc(-c2ccco2)n1)c1cccs1. The maximum atomic E-state index is 12.5. The Balaban J connectivity index is 1.74. The molecule has 3 aromatic heterocycles. The second-order valence-corrected chi connectivity index (χ2v) is 6.67.